The molecule has 3 heterocycles. The van der Waals surface area contributed by atoms with E-state index in [-0.39, 0.29) is 0 Å². The second-order valence-corrected chi connectivity index (χ2v) is 7.20. The molecule has 0 amide bonds. The molecule has 0 atom stereocenters. The summed E-state index contributed by atoms with van der Waals surface area (Å²) in [5, 5.41) is 15.2. The molecule has 8 heteroatoms. The Morgan fingerprint density at radius 2 is 1.82 bits per heavy atom. The number of aromatic nitrogens is 4. The third-order valence-corrected chi connectivity index (χ3v) is 5.62. The van der Waals surface area contributed by atoms with E-state index in [0.29, 0.717) is 28.0 Å². The highest BCUT2D eigenvalue weighted by atomic mass is 32.1. The van der Waals surface area contributed by atoms with Gasteiger partial charge in [-0.05, 0) is 31.2 Å². The van der Waals surface area contributed by atoms with Crippen LogP contribution < -0.4 is 9.47 Å². The quantitative estimate of drug-likeness (QED) is 0.445. The molecule has 0 aliphatic heterocycles. The van der Waals surface area contributed by atoms with Gasteiger partial charge in [0, 0.05) is 16.5 Å². The van der Waals surface area contributed by atoms with Crippen LogP contribution in [0, 0.1) is 6.92 Å². The third-order valence-electron chi connectivity index (χ3n) is 4.67. The van der Waals surface area contributed by atoms with Crippen LogP contribution in [0.15, 0.2) is 46.9 Å². The van der Waals surface area contributed by atoms with Gasteiger partial charge in [-0.1, -0.05) is 29.5 Å². The van der Waals surface area contributed by atoms with Gasteiger partial charge in [0.1, 0.15) is 10.6 Å². The maximum atomic E-state index is 6.04. The number of rotatable bonds is 4. The highest BCUT2D eigenvalue weighted by molar-refractivity contribution is 7.19. The van der Waals surface area contributed by atoms with Crippen LogP contribution in [0.1, 0.15) is 5.56 Å². The van der Waals surface area contributed by atoms with E-state index < -0.39 is 0 Å². The SMILES string of the molecule is COc1ccc(-c2nn3c(-c4oc5ccccc5c4C)nnc3s2)cc1OC. The summed E-state index contributed by atoms with van der Waals surface area (Å²) >= 11 is 1.45. The Kier molecular flexibility index (Phi) is 3.80. The molecule has 0 saturated heterocycles. The van der Waals surface area contributed by atoms with Gasteiger partial charge in [-0.2, -0.15) is 9.61 Å². The molecule has 0 aliphatic carbocycles. The Morgan fingerprint density at radius 1 is 1.00 bits per heavy atom. The van der Waals surface area contributed by atoms with E-state index in [1.54, 1.807) is 18.7 Å². The maximum Gasteiger partial charge on any atom is 0.235 e. The van der Waals surface area contributed by atoms with Crippen LogP contribution in [0.5, 0.6) is 11.5 Å². The Morgan fingerprint density at radius 3 is 2.61 bits per heavy atom. The van der Waals surface area contributed by atoms with Crippen LogP contribution in [-0.2, 0) is 0 Å². The predicted molar refractivity (Wildman–Crippen MR) is 107 cm³/mol. The summed E-state index contributed by atoms with van der Waals surface area (Å²) < 4.78 is 18.5. The van der Waals surface area contributed by atoms with Crippen molar-refractivity contribution in [3.05, 3.63) is 48.0 Å². The first-order chi connectivity index (χ1) is 13.7. The Hall–Kier alpha value is -3.39. The number of hydrogen-bond acceptors (Lipinski definition) is 7. The highest BCUT2D eigenvalue weighted by Crippen LogP contribution is 2.36. The van der Waals surface area contributed by atoms with E-state index in [1.807, 2.05) is 49.4 Å². The molecular formula is C20H16N4O3S. The lowest BCUT2D eigenvalue weighted by Crippen LogP contribution is -1.93. The van der Waals surface area contributed by atoms with Crippen molar-refractivity contribution in [2.24, 2.45) is 0 Å². The summed E-state index contributed by atoms with van der Waals surface area (Å²) in [7, 11) is 3.23. The zero-order valence-electron chi connectivity index (χ0n) is 15.5. The minimum atomic E-state index is 0.590. The number of hydrogen-bond donors (Lipinski definition) is 0. The van der Waals surface area contributed by atoms with Crippen molar-refractivity contribution < 1.29 is 13.9 Å². The van der Waals surface area contributed by atoms with Crippen LogP contribution in [0.25, 0.3) is 38.1 Å². The van der Waals surface area contributed by atoms with Crippen molar-refractivity contribution in [1.29, 1.82) is 0 Å². The standard InChI is InChI=1S/C20H16N4O3S/c1-11-13-6-4-5-7-14(13)27-17(11)18-21-22-20-24(18)23-19(28-20)12-8-9-15(25-2)16(10-12)26-3/h4-10H,1-3H3. The van der Waals surface area contributed by atoms with Crippen molar-refractivity contribution in [2.45, 2.75) is 6.92 Å². The molecule has 7 nitrogen and oxygen atoms in total. The van der Waals surface area contributed by atoms with Crippen LogP contribution in [-0.4, -0.2) is 34.0 Å². The van der Waals surface area contributed by atoms with Crippen molar-refractivity contribution in [2.75, 3.05) is 14.2 Å². The number of fused-ring (bicyclic) bond motifs is 2. The van der Waals surface area contributed by atoms with Crippen molar-refractivity contribution in [3.8, 4) is 33.7 Å². The molecule has 5 aromatic rings. The average Bonchev–Trinajstić information content (AvgIpc) is 3.40. The van der Waals surface area contributed by atoms with Gasteiger partial charge in [0.15, 0.2) is 17.3 Å². The van der Waals surface area contributed by atoms with E-state index in [0.717, 1.165) is 27.1 Å². The number of ether oxygens (including phenoxy) is 2. The van der Waals surface area contributed by atoms with Gasteiger partial charge in [0.25, 0.3) is 0 Å². The molecule has 5 rings (SSSR count). The Bertz CT molecular complexity index is 1320. The normalized spacial score (nSPS) is 11.4. The van der Waals surface area contributed by atoms with E-state index in [1.165, 1.54) is 11.3 Å². The lowest BCUT2D eigenvalue weighted by Gasteiger charge is -2.07. The summed E-state index contributed by atoms with van der Waals surface area (Å²) in [5.41, 5.74) is 2.76. The molecule has 0 unspecified atom stereocenters. The number of nitrogens with zero attached hydrogens (tertiary/aromatic N) is 4. The second-order valence-electron chi connectivity index (χ2n) is 6.25. The monoisotopic (exact) mass is 392 g/mol. The maximum absolute atomic E-state index is 6.04. The summed E-state index contributed by atoms with van der Waals surface area (Å²) in [6, 6.07) is 13.6. The van der Waals surface area contributed by atoms with Crippen molar-refractivity contribution in [1.82, 2.24) is 19.8 Å². The minimum Gasteiger partial charge on any atom is -0.493 e. The van der Waals surface area contributed by atoms with E-state index >= 15 is 0 Å². The summed E-state index contributed by atoms with van der Waals surface area (Å²) in [4.78, 5) is 0.694. The zero-order valence-corrected chi connectivity index (χ0v) is 16.3. The van der Waals surface area contributed by atoms with Crippen molar-refractivity contribution in [3.63, 3.8) is 0 Å². The van der Waals surface area contributed by atoms with Crippen LogP contribution in [0.4, 0.5) is 0 Å². The van der Waals surface area contributed by atoms with E-state index in [4.69, 9.17) is 19.0 Å². The summed E-state index contributed by atoms with van der Waals surface area (Å²) in [5.74, 6) is 2.59. The Balaban J connectivity index is 1.64. The first-order valence-electron chi connectivity index (χ1n) is 8.62. The zero-order chi connectivity index (χ0) is 19.3. The van der Waals surface area contributed by atoms with Gasteiger partial charge in [-0.15, -0.1) is 10.2 Å². The third kappa shape index (κ3) is 2.45. The molecule has 3 aromatic heterocycles. The fourth-order valence-electron chi connectivity index (χ4n) is 3.23. The molecule has 0 fully saturated rings. The number of aryl methyl sites for hydroxylation is 1. The van der Waals surface area contributed by atoms with E-state index in [2.05, 4.69) is 10.2 Å². The molecule has 0 aliphatic rings. The molecule has 0 radical (unpaired) electrons. The number of para-hydroxylation sites is 1. The molecule has 0 bridgehead atoms. The molecule has 0 spiro atoms. The number of methoxy groups -OCH3 is 2. The summed E-state index contributed by atoms with van der Waals surface area (Å²) in [6.45, 7) is 2.02. The minimum absolute atomic E-state index is 0.590. The van der Waals surface area contributed by atoms with Crippen LogP contribution in [0.3, 0.4) is 0 Å². The van der Waals surface area contributed by atoms with E-state index in [9.17, 15) is 0 Å². The topological polar surface area (TPSA) is 74.7 Å². The fraction of sp³-hybridized carbons (Fsp3) is 0.150. The summed E-state index contributed by atoms with van der Waals surface area (Å²) in [6.07, 6.45) is 0. The molecular weight excluding hydrogens is 376 g/mol. The smallest absolute Gasteiger partial charge is 0.235 e. The van der Waals surface area contributed by atoms with Gasteiger partial charge in [-0.25, -0.2) is 0 Å². The first kappa shape index (κ1) is 16.8. The van der Waals surface area contributed by atoms with Crippen molar-refractivity contribution >= 4 is 27.3 Å². The lowest BCUT2D eigenvalue weighted by atomic mass is 10.1. The fourth-order valence-corrected chi connectivity index (χ4v) is 4.07. The van der Waals surface area contributed by atoms with Crippen LogP contribution in [0.2, 0.25) is 0 Å². The molecule has 2 aromatic carbocycles. The lowest BCUT2D eigenvalue weighted by molar-refractivity contribution is 0.355. The number of benzene rings is 2. The van der Waals surface area contributed by atoms with Gasteiger partial charge >= 0.3 is 0 Å². The molecule has 140 valence electrons. The predicted octanol–water partition coefficient (Wildman–Crippen LogP) is 4.59. The largest absolute Gasteiger partial charge is 0.493 e. The second kappa shape index (κ2) is 6.35. The first-order valence-corrected chi connectivity index (χ1v) is 9.44. The molecule has 0 N–H and O–H groups in total. The van der Waals surface area contributed by atoms with Gasteiger partial charge in [-0.3, -0.25) is 0 Å². The number of furan rings is 1. The van der Waals surface area contributed by atoms with Crippen LogP contribution >= 0.6 is 11.3 Å². The molecule has 0 saturated carbocycles. The van der Waals surface area contributed by atoms with Gasteiger partial charge in [0.05, 0.1) is 14.2 Å². The average molecular weight is 392 g/mol. The van der Waals surface area contributed by atoms with Gasteiger partial charge in [0.2, 0.25) is 10.8 Å². The molecule has 28 heavy (non-hydrogen) atoms. The highest BCUT2D eigenvalue weighted by Gasteiger charge is 2.21. The van der Waals surface area contributed by atoms with Gasteiger partial charge < -0.3 is 13.9 Å². The Labute approximate surface area is 164 Å².